The molecule has 2 fully saturated rings. The van der Waals surface area contributed by atoms with Crippen LogP contribution in [0.2, 0.25) is 0 Å². The Hall–Kier alpha value is -0.610. The predicted molar refractivity (Wildman–Crippen MR) is 76.0 cm³/mol. The van der Waals surface area contributed by atoms with Crippen molar-refractivity contribution in [3.8, 4) is 0 Å². The standard InChI is InChI=1S/C15H28N2O2/c1-5-19-13-10-12(15(13)8-6-7-9-15)16-11(2)14(18)17(3)4/h11-13,16H,5-10H2,1-4H3. The minimum absolute atomic E-state index is 0.0972. The molecular formula is C15H28N2O2. The zero-order valence-electron chi connectivity index (χ0n) is 12.7. The molecule has 0 radical (unpaired) electrons. The first-order valence-electron chi connectivity index (χ1n) is 7.60. The summed E-state index contributed by atoms with van der Waals surface area (Å²) < 4.78 is 5.90. The van der Waals surface area contributed by atoms with E-state index >= 15 is 0 Å². The van der Waals surface area contributed by atoms with Crippen molar-refractivity contribution in [2.24, 2.45) is 5.41 Å². The van der Waals surface area contributed by atoms with Crippen molar-refractivity contribution in [3.05, 3.63) is 0 Å². The van der Waals surface area contributed by atoms with Crippen molar-refractivity contribution in [3.63, 3.8) is 0 Å². The van der Waals surface area contributed by atoms with E-state index in [0.29, 0.717) is 17.6 Å². The van der Waals surface area contributed by atoms with Crippen LogP contribution in [0.1, 0.15) is 46.0 Å². The fourth-order valence-corrected chi connectivity index (χ4v) is 3.88. The average Bonchev–Trinajstić information content (AvgIpc) is 2.88. The van der Waals surface area contributed by atoms with Gasteiger partial charge in [-0.3, -0.25) is 4.79 Å². The van der Waals surface area contributed by atoms with Crippen LogP contribution < -0.4 is 5.32 Å². The van der Waals surface area contributed by atoms with E-state index in [1.165, 1.54) is 25.7 Å². The van der Waals surface area contributed by atoms with E-state index in [0.717, 1.165) is 13.0 Å². The molecule has 1 spiro atoms. The maximum absolute atomic E-state index is 12.0. The first-order chi connectivity index (χ1) is 9.01. The average molecular weight is 268 g/mol. The Kier molecular flexibility index (Phi) is 4.51. The Morgan fingerprint density at radius 2 is 2.05 bits per heavy atom. The minimum atomic E-state index is -0.0972. The molecule has 4 heteroatoms. The van der Waals surface area contributed by atoms with Crippen LogP contribution in [0.5, 0.6) is 0 Å². The van der Waals surface area contributed by atoms with Crippen molar-refractivity contribution in [2.45, 2.75) is 64.1 Å². The second-order valence-electron chi connectivity index (χ2n) is 6.29. The molecule has 110 valence electrons. The summed E-state index contributed by atoms with van der Waals surface area (Å²) in [6.07, 6.45) is 6.56. The molecule has 2 aliphatic carbocycles. The molecule has 0 aromatic rings. The fraction of sp³-hybridized carbons (Fsp3) is 0.933. The summed E-state index contributed by atoms with van der Waals surface area (Å²) in [4.78, 5) is 13.6. The summed E-state index contributed by atoms with van der Waals surface area (Å²) in [5.41, 5.74) is 0.302. The summed E-state index contributed by atoms with van der Waals surface area (Å²) in [7, 11) is 3.63. The van der Waals surface area contributed by atoms with Gasteiger partial charge in [0.05, 0.1) is 12.1 Å². The van der Waals surface area contributed by atoms with Gasteiger partial charge in [-0.1, -0.05) is 12.8 Å². The molecule has 0 heterocycles. The van der Waals surface area contributed by atoms with E-state index in [1.54, 1.807) is 4.90 Å². The van der Waals surface area contributed by atoms with Crippen LogP contribution >= 0.6 is 0 Å². The molecule has 2 rings (SSSR count). The summed E-state index contributed by atoms with van der Waals surface area (Å²) in [5, 5.41) is 3.55. The third-order valence-electron chi connectivity index (χ3n) is 4.95. The first-order valence-corrected chi connectivity index (χ1v) is 7.60. The zero-order valence-corrected chi connectivity index (χ0v) is 12.7. The highest BCUT2D eigenvalue weighted by molar-refractivity contribution is 5.81. The van der Waals surface area contributed by atoms with Crippen LogP contribution in [0, 0.1) is 5.41 Å². The Morgan fingerprint density at radius 3 is 2.58 bits per heavy atom. The highest BCUT2D eigenvalue weighted by Crippen LogP contribution is 2.54. The van der Waals surface area contributed by atoms with E-state index in [4.69, 9.17) is 4.74 Å². The number of hydrogen-bond acceptors (Lipinski definition) is 3. The molecule has 0 aromatic carbocycles. The molecule has 4 nitrogen and oxygen atoms in total. The Bertz CT molecular complexity index is 324. The maximum atomic E-state index is 12.0. The number of hydrogen-bond donors (Lipinski definition) is 1. The van der Waals surface area contributed by atoms with Gasteiger partial charge in [0.2, 0.25) is 5.91 Å². The number of carbonyl (C=O) groups is 1. The molecule has 0 saturated heterocycles. The number of ether oxygens (including phenoxy) is 1. The minimum Gasteiger partial charge on any atom is -0.378 e. The second-order valence-corrected chi connectivity index (χ2v) is 6.29. The SMILES string of the molecule is CCOC1CC(NC(C)C(=O)N(C)C)C12CCCC2. The molecule has 19 heavy (non-hydrogen) atoms. The predicted octanol–water partition coefficient (Wildman–Crippen LogP) is 1.79. The van der Waals surface area contributed by atoms with Crippen molar-refractivity contribution in [1.82, 2.24) is 10.2 Å². The number of nitrogens with one attached hydrogen (secondary N) is 1. The molecule has 3 atom stereocenters. The van der Waals surface area contributed by atoms with Gasteiger partial charge in [-0.2, -0.15) is 0 Å². The Labute approximate surface area is 116 Å². The lowest BCUT2D eigenvalue weighted by Gasteiger charge is -2.55. The third kappa shape index (κ3) is 2.65. The van der Waals surface area contributed by atoms with Gasteiger partial charge in [0, 0.05) is 32.2 Å². The van der Waals surface area contributed by atoms with Crippen molar-refractivity contribution in [2.75, 3.05) is 20.7 Å². The molecule has 0 aromatic heterocycles. The fourth-order valence-electron chi connectivity index (χ4n) is 3.88. The molecule has 2 saturated carbocycles. The van der Waals surface area contributed by atoms with Gasteiger partial charge in [-0.25, -0.2) is 0 Å². The molecule has 1 N–H and O–H groups in total. The van der Waals surface area contributed by atoms with E-state index in [2.05, 4.69) is 12.2 Å². The Balaban J connectivity index is 1.96. The maximum Gasteiger partial charge on any atom is 0.238 e. The molecule has 0 aliphatic heterocycles. The number of carbonyl (C=O) groups excluding carboxylic acids is 1. The van der Waals surface area contributed by atoms with E-state index in [-0.39, 0.29) is 11.9 Å². The first kappa shape index (κ1) is 14.8. The number of likely N-dealkylation sites (N-methyl/N-ethyl adjacent to an activating group) is 1. The number of rotatable bonds is 5. The molecule has 2 aliphatic rings. The number of nitrogens with zero attached hydrogens (tertiary/aromatic N) is 1. The van der Waals surface area contributed by atoms with Crippen molar-refractivity contribution >= 4 is 5.91 Å². The van der Waals surface area contributed by atoms with Gasteiger partial charge >= 0.3 is 0 Å². The van der Waals surface area contributed by atoms with Gasteiger partial charge in [-0.15, -0.1) is 0 Å². The largest absolute Gasteiger partial charge is 0.378 e. The lowest BCUT2D eigenvalue weighted by Crippen LogP contribution is -2.65. The van der Waals surface area contributed by atoms with Crippen LogP contribution in [-0.4, -0.2) is 49.7 Å². The third-order valence-corrected chi connectivity index (χ3v) is 4.95. The van der Waals surface area contributed by atoms with Gasteiger partial charge in [0.1, 0.15) is 0 Å². The lowest BCUT2D eigenvalue weighted by molar-refractivity contribution is -0.142. The van der Waals surface area contributed by atoms with Gasteiger partial charge in [0.15, 0.2) is 0 Å². The van der Waals surface area contributed by atoms with Gasteiger partial charge < -0.3 is 15.0 Å². The summed E-state index contributed by atoms with van der Waals surface area (Å²) in [5.74, 6) is 0.160. The van der Waals surface area contributed by atoms with Crippen LogP contribution in [0.3, 0.4) is 0 Å². The van der Waals surface area contributed by atoms with Crippen LogP contribution in [0.25, 0.3) is 0 Å². The summed E-state index contributed by atoms with van der Waals surface area (Å²) in [6.45, 7) is 4.84. The summed E-state index contributed by atoms with van der Waals surface area (Å²) in [6, 6.07) is 0.352. The van der Waals surface area contributed by atoms with Crippen LogP contribution in [0.15, 0.2) is 0 Å². The van der Waals surface area contributed by atoms with Crippen molar-refractivity contribution < 1.29 is 9.53 Å². The van der Waals surface area contributed by atoms with E-state index in [9.17, 15) is 4.79 Å². The normalized spacial score (nSPS) is 30.1. The van der Waals surface area contributed by atoms with Crippen molar-refractivity contribution in [1.29, 1.82) is 0 Å². The van der Waals surface area contributed by atoms with E-state index < -0.39 is 0 Å². The second kappa shape index (κ2) is 5.80. The molecule has 3 unspecified atom stereocenters. The quantitative estimate of drug-likeness (QED) is 0.826. The monoisotopic (exact) mass is 268 g/mol. The van der Waals surface area contributed by atoms with Crippen LogP contribution in [-0.2, 0) is 9.53 Å². The lowest BCUT2D eigenvalue weighted by atomic mass is 9.60. The zero-order chi connectivity index (χ0) is 14.0. The molecule has 0 bridgehead atoms. The topological polar surface area (TPSA) is 41.6 Å². The highest BCUT2D eigenvalue weighted by Gasteiger charge is 2.56. The number of amides is 1. The van der Waals surface area contributed by atoms with Gasteiger partial charge in [-0.05, 0) is 33.1 Å². The smallest absolute Gasteiger partial charge is 0.238 e. The van der Waals surface area contributed by atoms with Crippen LogP contribution in [0.4, 0.5) is 0 Å². The molecular weight excluding hydrogens is 240 g/mol. The Morgan fingerprint density at radius 1 is 1.42 bits per heavy atom. The van der Waals surface area contributed by atoms with E-state index in [1.807, 2.05) is 21.0 Å². The highest BCUT2D eigenvalue weighted by atomic mass is 16.5. The molecule has 1 amide bonds. The van der Waals surface area contributed by atoms with Gasteiger partial charge in [0.25, 0.3) is 0 Å². The summed E-state index contributed by atoms with van der Waals surface area (Å²) >= 11 is 0.